The molecule has 0 saturated heterocycles. The third-order valence-corrected chi connectivity index (χ3v) is 0. The summed E-state index contributed by atoms with van der Waals surface area (Å²) in [5.41, 5.74) is 4.50. The molecule has 0 amide bonds. The zero-order chi connectivity index (χ0) is 9.41. The first-order chi connectivity index (χ1) is 4.83. The first kappa shape index (κ1) is 22.5. The van der Waals surface area contributed by atoms with Gasteiger partial charge in [-0.3, -0.25) is 0 Å². The highest BCUT2D eigenvalue weighted by molar-refractivity contribution is 3.92. The Bertz CT molecular complexity index is 6.69. The van der Waals surface area contributed by atoms with Gasteiger partial charge in [0.05, 0.1) is 0 Å². The maximum absolute atomic E-state index is 4.50. The van der Waals surface area contributed by atoms with Crippen LogP contribution in [0, 0.1) is 0 Å². The topological polar surface area (TPSA) is 26.0 Å². The van der Waals surface area contributed by atoms with Crippen molar-refractivity contribution in [2.24, 2.45) is 5.73 Å². The minimum Gasteiger partial charge on any atom is -0.333 e. The lowest BCUT2D eigenvalue weighted by Gasteiger charge is -1.48. The third kappa shape index (κ3) is 241000. The van der Waals surface area contributed by atoms with Crippen LogP contribution in [-0.2, 0) is 0 Å². The second-order valence-electron chi connectivity index (χ2n) is 1.41. The lowest BCUT2D eigenvalue weighted by Crippen LogP contribution is -1.69. The minimum absolute atomic E-state index is 1.25. The van der Waals surface area contributed by atoms with E-state index in [1.165, 1.54) is 19.9 Å². The van der Waals surface area contributed by atoms with Crippen LogP contribution in [0.5, 0.6) is 0 Å². The lowest BCUT2D eigenvalue weighted by molar-refractivity contribution is 1.09. The van der Waals surface area contributed by atoms with E-state index in [0.717, 1.165) is 0 Å². The van der Waals surface area contributed by atoms with E-state index >= 15 is 0 Å². The molecule has 0 bridgehead atoms. The molecule has 68 valence electrons. The van der Waals surface area contributed by atoms with Gasteiger partial charge in [-0.05, 0) is 7.05 Å². The van der Waals surface area contributed by atoms with Crippen molar-refractivity contribution >= 4 is 0 Å². The van der Waals surface area contributed by atoms with E-state index in [1.807, 2.05) is 13.8 Å². The summed E-state index contributed by atoms with van der Waals surface area (Å²) in [6.45, 7) is 12.5. The molecular weight excluding hydrogens is 122 g/mol. The Labute approximate surface area is 68.0 Å². The van der Waals surface area contributed by atoms with Crippen LogP contribution in [0.2, 0.25) is 0 Å². The standard InChI is InChI=1S/2C3H8.C2H6.CH5N/c2*1-3-2;2*1-2/h2*3H2,1-2H3;1-2H3;2H2,1H3. The SMILES string of the molecule is CC.CCC.CCC.CN. The second-order valence-corrected chi connectivity index (χ2v) is 1.41. The van der Waals surface area contributed by atoms with Crippen LogP contribution in [-0.4, -0.2) is 7.05 Å². The van der Waals surface area contributed by atoms with Crippen LogP contribution in [0.4, 0.5) is 0 Å². The largest absolute Gasteiger partial charge is 0.333 e. The second kappa shape index (κ2) is 148. The van der Waals surface area contributed by atoms with E-state index in [2.05, 4.69) is 33.4 Å². The van der Waals surface area contributed by atoms with Gasteiger partial charge in [0.2, 0.25) is 0 Å². The van der Waals surface area contributed by atoms with E-state index in [1.54, 1.807) is 0 Å². The maximum atomic E-state index is 4.50. The molecule has 10 heavy (non-hydrogen) atoms. The molecule has 1 nitrogen and oxygen atoms in total. The number of hydrogen-bond acceptors (Lipinski definition) is 1. The van der Waals surface area contributed by atoms with E-state index in [0.29, 0.717) is 0 Å². The molecule has 0 aromatic carbocycles. The molecule has 0 aromatic heterocycles. The van der Waals surface area contributed by atoms with Crippen molar-refractivity contribution in [3.63, 3.8) is 0 Å². The quantitative estimate of drug-likeness (QED) is 0.561. The van der Waals surface area contributed by atoms with E-state index in [-0.39, 0.29) is 0 Å². The first-order valence-corrected chi connectivity index (χ1v) is 4.41. The Morgan fingerprint density at radius 2 is 0.700 bits per heavy atom. The summed E-state index contributed by atoms with van der Waals surface area (Å²) < 4.78 is 0. The molecule has 0 aromatic rings. The molecule has 0 unspecified atom stereocenters. The van der Waals surface area contributed by atoms with Crippen LogP contribution in [0.15, 0.2) is 0 Å². The van der Waals surface area contributed by atoms with E-state index in [4.69, 9.17) is 0 Å². The molecule has 0 atom stereocenters. The molecule has 0 aliphatic rings. The van der Waals surface area contributed by atoms with Crippen molar-refractivity contribution in [1.82, 2.24) is 0 Å². The molecule has 0 heterocycles. The predicted octanol–water partition coefficient (Wildman–Crippen LogP) is 3.43. The Kier molecular flexibility index (Phi) is 333. The Morgan fingerprint density at radius 3 is 0.700 bits per heavy atom. The number of nitrogens with two attached hydrogens (primary N) is 1. The van der Waals surface area contributed by atoms with Crippen molar-refractivity contribution in [2.75, 3.05) is 7.05 Å². The van der Waals surface area contributed by atoms with Gasteiger partial charge in [0, 0.05) is 0 Å². The molecule has 1 heteroatoms. The summed E-state index contributed by atoms with van der Waals surface area (Å²) >= 11 is 0. The van der Waals surface area contributed by atoms with Crippen LogP contribution in [0.25, 0.3) is 0 Å². The van der Waals surface area contributed by atoms with Gasteiger partial charge in [0.1, 0.15) is 0 Å². The summed E-state index contributed by atoms with van der Waals surface area (Å²) in [6.07, 6.45) is 2.50. The molecule has 2 N–H and O–H groups in total. The smallest absolute Gasteiger partial charge is 0.0195 e. The Morgan fingerprint density at radius 1 is 0.700 bits per heavy atom. The summed E-state index contributed by atoms with van der Waals surface area (Å²) in [7, 11) is 1.50. The van der Waals surface area contributed by atoms with Crippen LogP contribution >= 0.6 is 0 Å². The zero-order valence-corrected chi connectivity index (χ0v) is 8.99. The van der Waals surface area contributed by atoms with Gasteiger partial charge < -0.3 is 5.73 Å². The van der Waals surface area contributed by atoms with Gasteiger partial charge in [0.15, 0.2) is 0 Å². The van der Waals surface area contributed by atoms with E-state index in [9.17, 15) is 0 Å². The number of hydrogen-bond donors (Lipinski definition) is 1. The monoisotopic (exact) mass is 149 g/mol. The van der Waals surface area contributed by atoms with Gasteiger partial charge in [-0.25, -0.2) is 0 Å². The fraction of sp³-hybridized carbons (Fsp3) is 1.00. The average Bonchev–Trinajstić information content (AvgIpc) is 1.99. The molecule has 0 spiro atoms. The molecule has 0 aliphatic heterocycles. The average molecular weight is 149 g/mol. The van der Waals surface area contributed by atoms with Crippen molar-refractivity contribution in [2.45, 2.75) is 54.4 Å². The van der Waals surface area contributed by atoms with Gasteiger partial charge >= 0.3 is 0 Å². The highest BCUT2D eigenvalue weighted by Gasteiger charge is 1.36. The maximum Gasteiger partial charge on any atom is -0.0195 e. The minimum atomic E-state index is 1.25. The normalized spacial score (nSPS) is 4.80. The highest BCUT2D eigenvalue weighted by Crippen LogP contribution is 1.56. The van der Waals surface area contributed by atoms with Crippen molar-refractivity contribution in [1.29, 1.82) is 0 Å². The molecule has 0 rings (SSSR count). The van der Waals surface area contributed by atoms with Crippen molar-refractivity contribution in [3.05, 3.63) is 0 Å². The summed E-state index contributed by atoms with van der Waals surface area (Å²) in [5, 5.41) is 0. The van der Waals surface area contributed by atoms with Crippen LogP contribution < -0.4 is 5.73 Å². The summed E-state index contributed by atoms with van der Waals surface area (Å²) in [5.74, 6) is 0. The highest BCUT2D eigenvalue weighted by atomic mass is 14.4. The van der Waals surface area contributed by atoms with Crippen LogP contribution in [0.1, 0.15) is 54.4 Å². The first-order valence-electron chi connectivity index (χ1n) is 4.41. The Hall–Kier alpha value is -0.0400. The molecule has 0 radical (unpaired) electrons. The molecule has 0 aliphatic carbocycles. The van der Waals surface area contributed by atoms with Gasteiger partial charge in [-0.1, -0.05) is 54.4 Å². The number of rotatable bonds is 0. The summed E-state index contributed by atoms with van der Waals surface area (Å²) in [6, 6.07) is 0. The van der Waals surface area contributed by atoms with E-state index < -0.39 is 0 Å². The lowest BCUT2D eigenvalue weighted by atomic mass is 10.6. The van der Waals surface area contributed by atoms with Crippen molar-refractivity contribution in [3.8, 4) is 0 Å². The Balaban J connectivity index is -0.0000000246. The summed E-state index contributed by atoms with van der Waals surface area (Å²) in [4.78, 5) is 0. The molecule has 0 saturated carbocycles. The van der Waals surface area contributed by atoms with Crippen LogP contribution in [0.3, 0.4) is 0 Å². The van der Waals surface area contributed by atoms with Gasteiger partial charge in [0.25, 0.3) is 0 Å². The van der Waals surface area contributed by atoms with Crippen molar-refractivity contribution < 1.29 is 0 Å². The molecule has 0 fully saturated rings. The fourth-order valence-corrected chi connectivity index (χ4v) is 0. The predicted molar refractivity (Wildman–Crippen MR) is 53.4 cm³/mol. The fourth-order valence-electron chi connectivity index (χ4n) is 0. The van der Waals surface area contributed by atoms with Gasteiger partial charge in [-0.2, -0.15) is 0 Å². The van der Waals surface area contributed by atoms with Gasteiger partial charge in [-0.15, -0.1) is 0 Å². The third-order valence-electron chi connectivity index (χ3n) is 0. The molecular formula is C9H27N. The zero-order valence-electron chi connectivity index (χ0n) is 8.99.